The van der Waals surface area contributed by atoms with Crippen molar-refractivity contribution < 1.29 is 0 Å². The van der Waals surface area contributed by atoms with Crippen LogP contribution >= 0.6 is 35.0 Å². The lowest BCUT2D eigenvalue weighted by Gasteiger charge is -2.30. The molecular weight excluding hydrogens is 325 g/mol. The molecule has 0 saturated carbocycles. The number of thioether (sulfide) groups is 1. The van der Waals surface area contributed by atoms with Gasteiger partial charge in [0.25, 0.3) is 0 Å². The number of hydrogen-bond acceptors (Lipinski definition) is 4. The van der Waals surface area contributed by atoms with Crippen LogP contribution < -0.4 is 5.32 Å². The van der Waals surface area contributed by atoms with E-state index in [1.54, 1.807) is 6.07 Å². The molecule has 2 atom stereocenters. The average molecular weight is 342 g/mol. The Morgan fingerprint density at radius 2 is 2.10 bits per heavy atom. The summed E-state index contributed by atoms with van der Waals surface area (Å²) in [4.78, 5) is 0. The van der Waals surface area contributed by atoms with Gasteiger partial charge in [-0.3, -0.25) is 0 Å². The summed E-state index contributed by atoms with van der Waals surface area (Å²) in [5.41, 5.74) is 2.46. The molecule has 0 aromatic carbocycles. The summed E-state index contributed by atoms with van der Waals surface area (Å²) in [6.45, 7) is 2.12. The second-order valence-electron chi connectivity index (χ2n) is 5.27. The predicted molar refractivity (Wildman–Crippen MR) is 89.7 cm³/mol. The minimum Gasteiger partial charge on any atom is -0.316 e. The van der Waals surface area contributed by atoms with Crippen LogP contribution in [0, 0.1) is 5.92 Å². The van der Waals surface area contributed by atoms with Gasteiger partial charge in [0.2, 0.25) is 0 Å². The van der Waals surface area contributed by atoms with Crippen molar-refractivity contribution >= 4 is 35.0 Å². The summed E-state index contributed by atoms with van der Waals surface area (Å²) in [5, 5.41) is 13.2. The zero-order valence-corrected chi connectivity index (χ0v) is 13.9. The molecule has 1 saturated heterocycles. The smallest absolute Gasteiger partial charge is 0.151 e. The molecular formula is C15H17Cl2N3S. The third kappa shape index (κ3) is 3.81. The highest BCUT2D eigenvalue weighted by atomic mass is 35.5. The molecule has 6 heteroatoms. The van der Waals surface area contributed by atoms with Gasteiger partial charge in [0.15, 0.2) is 5.15 Å². The van der Waals surface area contributed by atoms with E-state index in [1.807, 2.05) is 17.8 Å². The number of nitrogens with zero attached hydrogens (tertiary/aromatic N) is 2. The Kier molecular flexibility index (Phi) is 5.22. The van der Waals surface area contributed by atoms with E-state index in [0.29, 0.717) is 16.3 Å². The quantitative estimate of drug-likeness (QED) is 0.907. The number of nitrogens with one attached hydrogen (secondary N) is 1. The third-order valence-electron chi connectivity index (χ3n) is 3.89. The Hall–Kier alpha value is -0.550. The monoisotopic (exact) mass is 341 g/mol. The highest BCUT2D eigenvalue weighted by Gasteiger charge is 2.30. The first kappa shape index (κ1) is 15.3. The largest absolute Gasteiger partial charge is 0.316 e. The van der Waals surface area contributed by atoms with Crippen LogP contribution in [0.1, 0.15) is 18.5 Å². The molecule has 2 aliphatic rings. The minimum atomic E-state index is 0.323. The van der Waals surface area contributed by atoms with Gasteiger partial charge in [-0.15, -0.1) is 16.9 Å². The summed E-state index contributed by atoms with van der Waals surface area (Å²) < 4.78 is 0. The van der Waals surface area contributed by atoms with Crippen molar-refractivity contribution in [2.24, 2.45) is 5.92 Å². The molecule has 0 spiro atoms. The maximum absolute atomic E-state index is 6.47. The van der Waals surface area contributed by atoms with Gasteiger partial charge in [0, 0.05) is 16.0 Å². The lowest BCUT2D eigenvalue weighted by molar-refractivity contribution is 0.570. The summed E-state index contributed by atoms with van der Waals surface area (Å²) >= 11 is 14.1. The van der Waals surface area contributed by atoms with Crippen molar-refractivity contribution in [1.82, 2.24) is 15.5 Å². The van der Waals surface area contributed by atoms with E-state index in [2.05, 4.69) is 27.7 Å². The second kappa shape index (κ2) is 7.14. The second-order valence-corrected chi connectivity index (χ2v) is 7.22. The zero-order chi connectivity index (χ0) is 14.7. The summed E-state index contributed by atoms with van der Waals surface area (Å²) in [7, 11) is 0. The fourth-order valence-electron chi connectivity index (χ4n) is 2.80. The minimum absolute atomic E-state index is 0.323. The molecule has 3 rings (SSSR count). The Bertz CT molecular complexity index is 557. The molecule has 1 aliphatic carbocycles. The molecule has 0 radical (unpaired) electrons. The maximum Gasteiger partial charge on any atom is 0.151 e. The topological polar surface area (TPSA) is 37.8 Å². The van der Waals surface area contributed by atoms with Crippen LogP contribution in [0.4, 0.5) is 0 Å². The van der Waals surface area contributed by atoms with Gasteiger partial charge >= 0.3 is 0 Å². The number of rotatable bonds is 3. The molecule has 0 bridgehead atoms. The van der Waals surface area contributed by atoms with Gasteiger partial charge in [-0.05, 0) is 50.1 Å². The summed E-state index contributed by atoms with van der Waals surface area (Å²) in [6, 6.07) is 3.71. The number of allylic oxidation sites excluding steroid dienone is 2. The fourth-order valence-corrected chi connectivity index (χ4v) is 4.59. The Labute approximate surface area is 139 Å². The molecule has 2 unspecified atom stereocenters. The van der Waals surface area contributed by atoms with E-state index >= 15 is 0 Å². The Morgan fingerprint density at radius 3 is 2.90 bits per heavy atom. The Balaban J connectivity index is 1.69. The van der Waals surface area contributed by atoms with Gasteiger partial charge in [-0.2, -0.15) is 5.10 Å². The third-order valence-corrected chi connectivity index (χ3v) is 5.99. The van der Waals surface area contributed by atoms with E-state index in [9.17, 15) is 0 Å². The van der Waals surface area contributed by atoms with E-state index in [0.717, 1.165) is 42.4 Å². The van der Waals surface area contributed by atoms with Crippen LogP contribution in [0.5, 0.6) is 0 Å². The number of aromatic nitrogens is 2. The molecule has 1 aliphatic heterocycles. The van der Waals surface area contributed by atoms with E-state index in [-0.39, 0.29) is 0 Å². The van der Waals surface area contributed by atoms with Crippen molar-refractivity contribution in [3.8, 4) is 0 Å². The van der Waals surface area contributed by atoms with Crippen LogP contribution in [0.3, 0.4) is 0 Å². The molecule has 1 fully saturated rings. The van der Waals surface area contributed by atoms with E-state index < -0.39 is 0 Å². The number of fused-ring (bicyclic) bond motifs is 1. The van der Waals surface area contributed by atoms with E-state index in [4.69, 9.17) is 23.2 Å². The van der Waals surface area contributed by atoms with Crippen molar-refractivity contribution in [2.45, 2.75) is 23.8 Å². The first-order chi connectivity index (χ1) is 10.2. The van der Waals surface area contributed by atoms with Gasteiger partial charge in [-0.25, -0.2) is 0 Å². The lowest BCUT2D eigenvalue weighted by Crippen LogP contribution is -2.23. The molecule has 2 heterocycles. The molecule has 0 amide bonds. The normalized spacial score (nSPS) is 25.6. The van der Waals surface area contributed by atoms with Crippen molar-refractivity contribution in [2.75, 3.05) is 13.1 Å². The van der Waals surface area contributed by atoms with Crippen molar-refractivity contribution in [1.29, 1.82) is 0 Å². The molecule has 1 aromatic heterocycles. The fraction of sp³-hybridized carbons (Fsp3) is 0.467. The van der Waals surface area contributed by atoms with Gasteiger partial charge < -0.3 is 5.32 Å². The standard InChI is InChI=1S/C15H17Cl2N3S/c16-13-3-1-10-5-7-18-8-6-12(10)15(13)21-9-11-2-4-14(17)20-19-11/h1-4,12,15,18H,5-9H2. The highest BCUT2D eigenvalue weighted by Crippen LogP contribution is 2.41. The first-order valence-electron chi connectivity index (χ1n) is 7.10. The van der Waals surface area contributed by atoms with Crippen LogP contribution in [0.15, 0.2) is 34.9 Å². The number of halogens is 2. The van der Waals surface area contributed by atoms with Crippen LogP contribution in [-0.2, 0) is 5.75 Å². The average Bonchev–Trinajstić information content (AvgIpc) is 2.73. The van der Waals surface area contributed by atoms with Gasteiger partial charge in [0.1, 0.15) is 0 Å². The molecule has 21 heavy (non-hydrogen) atoms. The predicted octanol–water partition coefficient (Wildman–Crippen LogP) is 3.79. The summed E-state index contributed by atoms with van der Waals surface area (Å²) in [5.74, 6) is 1.33. The number of hydrogen-bond donors (Lipinski definition) is 1. The van der Waals surface area contributed by atoms with Crippen molar-refractivity contribution in [3.63, 3.8) is 0 Å². The molecule has 1 aromatic rings. The SMILES string of the molecule is ClC1=CC=C2CCNCCC2C1SCc1ccc(Cl)nn1. The first-order valence-corrected chi connectivity index (χ1v) is 8.91. The zero-order valence-electron chi connectivity index (χ0n) is 11.6. The van der Waals surface area contributed by atoms with Crippen LogP contribution in [0.25, 0.3) is 0 Å². The lowest BCUT2D eigenvalue weighted by atomic mass is 9.87. The van der Waals surface area contributed by atoms with Crippen LogP contribution in [0.2, 0.25) is 5.15 Å². The molecule has 3 nitrogen and oxygen atoms in total. The maximum atomic E-state index is 6.47. The molecule has 112 valence electrons. The van der Waals surface area contributed by atoms with Gasteiger partial charge in [0.05, 0.1) is 5.69 Å². The summed E-state index contributed by atoms with van der Waals surface area (Å²) in [6.07, 6.45) is 6.52. The highest BCUT2D eigenvalue weighted by molar-refractivity contribution is 7.99. The van der Waals surface area contributed by atoms with Crippen LogP contribution in [-0.4, -0.2) is 28.5 Å². The van der Waals surface area contributed by atoms with Gasteiger partial charge in [-0.1, -0.05) is 34.9 Å². The Morgan fingerprint density at radius 1 is 1.19 bits per heavy atom. The van der Waals surface area contributed by atoms with E-state index in [1.165, 1.54) is 5.57 Å². The molecule has 1 N–H and O–H groups in total. The van der Waals surface area contributed by atoms with Crippen molar-refractivity contribution in [3.05, 3.63) is 45.7 Å².